The van der Waals surface area contributed by atoms with Crippen LogP contribution in [-0.2, 0) is 10.4 Å². The zero-order chi connectivity index (χ0) is 4.50. The van der Waals surface area contributed by atoms with Crippen molar-refractivity contribution in [2.75, 3.05) is 0 Å². The first-order chi connectivity index (χ1) is 2.00. The van der Waals surface area contributed by atoms with Gasteiger partial charge in [0.25, 0.3) is 0 Å². The number of quaternary nitrogens is 1. The summed E-state index contributed by atoms with van der Waals surface area (Å²) in [7, 11) is -5.17. The largest absolute Gasteiger partial charge is 2.00 e. The summed E-state index contributed by atoms with van der Waals surface area (Å²) in [6.07, 6.45) is 0. The molecule has 0 fully saturated rings. The number of hydrogen-bond donors (Lipinski definition) is 1. The van der Waals surface area contributed by atoms with Gasteiger partial charge in [-0.3, -0.25) is 8.42 Å². The maximum Gasteiger partial charge on any atom is 2.00 e. The Morgan fingerprint density at radius 1 is 0.917 bits per heavy atom. The van der Waals surface area contributed by atoms with Crippen molar-refractivity contribution in [2.24, 2.45) is 0 Å². The van der Waals surface area contributed by atoms with Gasteiger partial charge in [0, 0.05) is 10.4 Å². The SMILES string of the molecule is O=S(=O)([O-])[O-].[Cl-].[Cl-].[Cl-].[K+].[Mg+2].[NH4+].[Na+]. The van der Waals surface area contributed by atoms with Gasteiger partial charge in [-0.05, 0) is 0 Å². The van der Waals surface area contributed by atoms with E-state index in [1.54, 1.807) is 0 Å². The average molecular weight is 307 g/mol. The third kappa shape index (κ3) is 144. The van der Waals surface area contributed by atoms with Gasteiger partial charge in [0.05, 0.1) is 0 Å². The van der Waals surface area contributed by atoms with E-state index in [1.807, 2.05) is 0 Å². The van der Waals surface area contributed by atoms with Gasteiger partial charge in [0.15, 0.2) is 0 Å². The minimum atomic E-state index is -5.17. The number of hydrogen-bond acceptors (Lipinski definition) is 4. The molecule has 4 N–H and O–H groups in total. The van der Waals surface area contributed by atoms with Crippen LogP contribution >= 0.6 is 0 Å². The third-order valence-electron chi connectivity index (χ3n) is 0. The van der Waals surface area contributed by atoms with Gasteiger partial charge in [-0.15, -0.1) is 0 Å². The van der Waals surface area contributed by atoms with Gasteiger partial charge in [-0.1, -0.05) is 0 Å². The Morgan fingerprint density at radius 3 is 0.917 bits per heavy atom. The fraction of sp³-hybridized carbons (Fsp3) is 0. The second-order valence-corrected chi connectivity index (χ2v) is 1.22. The average Bonchev–Trinajstić information content (AvgIpc) is 0.722. The van der Waals surface area contributed by atoms with E-state index >= 15 is 0 Å². The van der Waals surface area contributed by atoms with Gasteiger partial charge in [0.1, 0.15) is 0 Å². The Bertz CT molecular complexity index is 113. The molecule has 0 aliphatic heterocycles. The molecule has 0 aromatic rings. The van der Waals surface area contributed by atoms with Crippen LogP contribution in [-0.4, -0.2) is 40.6 Å². The molecule has 64 valence electrons. The molecule has 0 heterocycles. The fourth-order valence-corrected chi connectivity index (χ4v) is 0. The van der Waals surface area contributed by atoms with E-state index in [4.69, 9.17) is 17.5 Å². The molecule has 0 aliphatic carbocycles. The summed E-state index contributed by atoms with van der Waals surface area (Å²) >= 11 is 0. The molecule has 12 heteroatoms. The van der Waals surface area contributed by atoms with E-state index in [2.05, 4.69) is 0 Å². The molecule has 0 radical (unpaired) electrons. The van der Waals surface area contributed by atoms with Crippen LogP contribution < -0.4 is 124 Å². The molecular weight excluding hydrogens is 303 g/mol. The molecule has 0 aromatic carbocycles. The molecule has 0 unspecified atom stereocenters. The smallest absolute Gasteiger partial charge is 1.00 e. The number of halogens is 3. The Morgan fingerprint density at radius 2 is 0.917 bits per heavy atom. The van der Waals surface area contributed by atoms with Crippen LogP contribution in [0, 0.1) is 0 Å². The van der Waals surface area contributed by atoms with Crippen molar-refractivity contribution in [3.63, 3.8) is 0 Å². The summed E-state index contributed by atoms with van der Waals surface area (Å²) in [5.74, 6) is 0. The van der Waals surface area contributed by atoms with Crippen LogP contribution in [0.2, 0.25) is 0 Å². The Balaban J connectivity index is -0.00000000381. The summed E-state index contributed by atoms with van der Waals surface area (Å²) in [5, 5.41) is 0. The monoisotopic (exact) mass is 305 g/mol. The maximum atomic E-state index is 8.52. The molecule has 0 saturated heterocycles. The predicted molar refractivity (Wildman–Crippen MR) is 22.2 cm³/mol. The van der Waals surface area contributed by atoms with Gasteiger partial charge in [-0.2, -0.15) is 0 Å². The van der Waals surface area contributed by atoms with Crippen LogP contribution in [0.4, 0.5) is 0 Å². The first kappa shape index (κ1) is 55.9. The Labute approximate surface area is 171 Å². The minimum absolute atomic E-state index is 0. The molecular formula is H4Cl3KMgNNaO4S. The second-order valence-electron chi connectivity index (χ2n) is 0.408. The van der Waals surface area contributed by atoms with Crippen molar-refractivity contribution in [3.05, 3.63) is 0 Å². The number of rotatable bonds is 0. The molecule has 0 aromatic heterocycles. The molecule has 0 atom stereocenters. The van der Waals surface area contributed by atoms with Gasteiger partial charge >= 0.3 is 104 Å². The topological polar surface area (TPSA) is 117 Å². The summed E-state index contributed by atoms with van der Waals surface area (Å²) in [4.78, 5) is 0. The van der Waals surface area contributed by atoms with Gasteiger partial charge in [-0.25, -0.2) is 0 Å². The van der Waals surface area contributed by atoms with Crippen molar-refractivity contribution in [3.8, 4) is 0 Å². The van der Waals surface area contributed by atoms with E-state index in [-0.39, 0.29) is 147 Å². The van der Waals surface area contributed by atoms with Crippen LogP contribution in [0.15, 0.2) is 0 Å². The quantitative estimate of drug-likeness (QED) is 0.272. The van der Waals surface area contributed by atoms with E-state index in [0.29, 0.717) is 0 Å². The van der Waals surface area contributed by atoms with Crippen LogP contribution in [0.5, 0.6) is 0 Å². The zero-order valence-corrected chi connectivity index (χ0v) is 16.5. The normalized spacial score (nSPS) is 4.83. The molecule has 0 amide bonds. The van der Waals surface area contributed by atoms with E-state index in [9.17, 15) is 0 Å². The van der Waals surface area contributed by atoms with E-state index in [1.165, 1.54) is 0 Å². The van der Waals surface area contributed by atoms with E-state index < -0.39 is 10.4 Å². The Kier molecular flexibility index (Phi) is 137. The van der Waals surface area contributed by atoms with Gasteiger partial charge < -0.3 is 52.5 Å². The summed E-state index contributed by atoms with van der Waals surface area (Å²) < 4.78 is 34.1. The van der Waals surface area contributed by atoms with Crippen LogP contribution in [0.1, 0.15) is 0 Å². The maximum absolute atomic E-state index is 8.52. The van der Waals surface area contributed by atoms with Gasteiger partial charge in [0.2, 0.25) is 0 Å². The standard InChI is InChI=1S/3ClH.K.Mg.H3N.Na.H2O4S/c;;;;;;;1-5(2,3)4/h3*1H;;;1H3;;(H2,1,2,3,4)/q;;;+1;+2;;+1;/p-4. The third-order valence-corrected chi connectivity index (χ3v) is 0. The summed E-state index contributed by atoms with van der Waals surface area (Å²) in [6, 6.07) is 0. The van der Waals surface area contributed by atoms with Crippen molar-refractivity contribution >= 4 is 33.5 Å². The second kappa shape index (κ2) is 29.4. The zero-order valence-electron chi connectivity index (χ0n) is 6.88. The molecule has 5 nitrogen and oxygen atoms in total. The minimum Gasteiger partial charge on any atom is -1.00 e. The molecule has 0 bridgehead atoms. The van der Waals surface area contributed by atoms with Crippen molar-refractivity contribution in [2.45, 2.75) is 0 Å². The predicted octanol–water partition coefficient (Wildman–Crippen LogP) is -16.3. The Hall–Kier alpha value is 4.10. The molecule has 0 spiro atoms. The fourth-order valence-electron chi connectivity index (χ4n) is 0. The first-order valence-corrected chi connectivity index (χ1v) is 2.00. The van der Waals surface area contributed by atoms with Crippen molar-refractivity contribution in [1.82, 2.24) is 6.15 Å². The summed E-state index contributed by atoms with van der Waals surface area (Å²) in [5.41, 5.74) is 0. The van der Waals surface area contributed by atoms with Crippen molar-refractivity contribution in [1.29, 1.82) is 0 Å². The summed E-state index contributed by atoms with van der Waals surface area (Å²) in [6.45, 7) is 0. The molecule has 0 saturated carbocycles. The van der Waals surface area contributed by atoms with Crippen molar-refractivity contribution < 1.29 is 136 Å². The van der Waals surface area contributed by atoms with Crippen LogP contribution in [0.3, 0.4) is 0 Å². The molecule has 0 rings (SSSR count). The van der Waals surface area contributed by atoms with E-state index in [0.717, 1.165) is 0 Å². The molecule has 0 aliphatic rings. The van der Waals surface area contributed by atoms with Crippen LogP contribution in [0.25, 0.3) is 0 Å². The molecule has 12 heavy (non-hydrogen) atoms. The first-order valence-electron chi connectivity index (χ1n) is 0.667.